The molecule has 142 valence electrons. The molecular weight excluding hydrogens is 362 g/mol. The van der Waals surface area contributed by atoms with E-state index in [-0.39, 0.29) is 24.7 Å². The van der Waals surface area contributed by atoms with Crippen molar-refractivity contribution < 1.29 is 28.6 Å². The Kier molecular flexibility index (Phi) is 9.22. The molecule has 26 heavy (non-hydrogen) atoms. The van der Waals surface area contributed by atoms with Crippen molar-refractivity contribution in [2.45, 2.75) is 19.9 Å². The van der Waals surface area contributed by atoms with Crippen molar-refractivity contribution in [2.24, 2.45) is 0 Å². The summed E-state index contributed by atoms with van der Waals surface area (Å²) >= 11 is 5.50. The Balaban J connectivity index is 3.31. The topological polar surface area (TPSA) is 90.9 Å². The smallest absolute Gasteiger partial charge is 0.336 e. The first-order chi connectivity index (χ1) is 12.5. The lowest BCUT2D eigenvalue weighted by Gasteiger charge is -2.19. The van der Waals surface area contributed by atoms with E-state index >= 15 is 0 Å². The maximum Gasteiger partial charge on any atom is 0.336 e. The molecule has 0 bridgehead atoms. The fraction of sp³-hybridized carbons (Fsp3) is 0.389. The third-order valence-corrected chi connectivity index (χ3v) is 3.45. The van der Waals surface area contributed by atoms with Crippen LogP contribution in [-0.2, 0) is 23.9 Å². The normalized spacial score (nSPS) is 12.1. The van der Waals surface area contributed by atoms with E-state index in [1.165, 1.54) is 13.2 Å². The van der Waals surface area contributed by atoms with Gasteiger partial charge >= 0.3 is 11.9 Å². The number of hydrogen-bond acceptors (Lipinski definition) is 6. The largest absolute Gasteiger partial charge is 0.497 e. The van der Waals surface area contributed by atoms with Crippen LogP contribution in [0.15, 0.2) is 29.8 Å². The number of halogens is 1. The molecule has 0 radical (unpaired) electrons. The van der Waals surface area contributed by atoms with Gasteiger partial charge in [0.1, 0.15) is 11.6 Å². The number of carbonyl (C=O) groups excluding carboxylic acids is 3. The summed E-state index contributed by atoms with van der Waals surface area (Å²) in [5, 5.41) is 2.39. The second-order valence-electron chi connectivity index (χ2n) is 4.98. The first kappa shape index (κ1) is 21.5. The van der Waals surface area contributed by atoms with Gasteiger partial charge in [0.05, 0.1) is 25.9 Å². The zero-order valence-corrected chi connectivity index (χ0v) is 15.7. The summed E-state index contributed by atoms with van der Waals surface area (Å²) in [4.78, 5) is 36.4. The minimum atomic E-state index is -1.33. The maximum absolute atomic E-state index is 12.4. The monoisotopic (exact) mass is 383 g/mol. The van der Waals surface area contributed by atoms with Crippen LogP contribution >= 0.6 is 11.6 Å². The number of alkyl halides is 1. The third kappa shape index (κ3) is 6.40. The summed E-state index contributed by atoms with van der Waals surface area (Å²) in [5.74, 6) is -1.86. The maximum atomic E-state index is 12.4. The van der Waals surface area contributed by atoms with Crippen LogP contribution in [0.2, 0.25) is 0 Å². The third-order valence-electron chi connectivity index (χ3n) is 3.21. The number of methoxy groups -OCH3 is 1. The summed E-state index contributed by atoms with van der Waals surface area (Å²) in [7, 11) is 1.54. The van der Waals surface area contributed by atoms with Gasteiger partial charge in [-0.2, -0.15) is 0 Å². The molecule has 0 aliphatic carbocycles. The van der Waals surface area contributed by atoms with Crippen molar-refractivity contribution in [3.63, 3.8) is 0 Å². The second kappa shape index (κ2) is 11.1. The molecule has 1 unspecified atom stereocenters. The van der Waals surface area contributed by atoms with Crippen LogP contribution in [0.5, 0.6) is 5.75 Å². The van der Waals surface area contributed by atoms with Crippen LogP contribution in [0.4, 0.5) is 0 Å². The first-order valence-corrected chi connectivity index (χ1v) is 8.54. The standard InChI is InChI=1S/C18H22ClNO6/c1-4-25-17(22)14(10-12-6-8-13(24-3)9-7-12)16(18(23)26-5-2)20-15(21)11-19/h6-10,16H,4-5,11H2,1-3H3,(H,20,21)/b14-10+. The van der Waals surface area contributed by atoms with E-state index in [0.717, 1.165) is 0 Å². The van der Waals surface area contributed by atoms with Crippen LogP contribution in [0.25, 0.3) is 6.08 Å². The van der Waals surface area contributed by atoms with Gasteiger partial charge < -0.3 is 19.5 Å². The minimum absolute atomic E-state index is 0.0612. The van der Waals surface area contributed by atoms with Gasteiger partial charge in [0.15, 0.2) is 6.04 Å². The lowest BCUT2D eigenvalue weighted by molar-refractivity contribution is -0.148. The highest BCUT2D eigenvalue weighted by Gasteiger charge is 2.31. The number of nitrogens with one attached hydrogen (secondary N) is 1. The average Bonchev–Trinajstić information content (AvgIpc) is 2.65. The highest BCUT2D eigenvalue weighted by atomic mass is 35.5. The average molecular weight is 384 g/mol. The van der Waals surface area contributed by atoms with E-state index in [0.29, 0.717) is 11.3 Å². The van der Waals surface area contributed by atoms with E-state index in [1.54, 1.807) is 38.1 Å². The van der Waals surface area contributed by atoms with Crippen molar-refractivity contribution in [2.75, 3.05) is 26.2 Å². The van der Waals surface area contributed by atoms with Crippen LogP contribution in [0.1, 0.15) is 19.4 Å². The van der Waals surface area contributed by atoms with E-state index in [9.17, 15) is 14.4 Å². The Bertz CT molecular complexity index is 656. The van der Waals surface area contributed by atoms with Gasteiger partial charge in [0.25, 0.3) is 0 Å². The van der Waals surface area contributed by atoms with Crippen LogP contribution < -0.4 is 10.1 Å². The Morgan fingerprint density at radius 3 is 2.23 bits per heavy atom. The predicted octanol–water partition coefficient (Wildman–Crippen LogP) is 1.93. The molecule has 0 aliphatic heterocycles. The summed E-state index contributed by atoms with van der Waals surface area (Å²) < 4.78 is 15.1. The van der Waals surface area contributed by atoms with E-state index in [4.69, 9.17) is 25.8 Å². The van der Waals surface area contributed by atoms with Crippen molar-refractivity contribution in [3.8, 4) is 5.75 Å². The van der Waals surface area contributed by atoms with Crippen molar-refractivity contribution in [3.05, 3.63) is 35.4 Å². The predicted molar refractivity (Wildman–Crippen MR) is 96.9 cm³/mol. The molecule has 1 amide bonds. The lowest BCUT2D eigenvalue weighted by Crippen LogP contribution is -2.45. The number of esters is 2. The highest BCUT2D eigenvalue weighted by Crippen LogP contribution is 2.17. The number of carbonyl (C=O) groups is 3. The van der Waals surface area contributed by atoms with Crippen LogP contribution in [0, 0.1) is 0 Å². The summed E-state index contributed by atoms with van der Waals surface area (Å²) in [6.45, 7) is 3.46. The zero-order chi connectivity index (χ0) is 19.5. The zero-order valence-electron chi connectivity index (χ0n) is 14.9. The molecule has 0 saturated heterocycles. The van der Waals surface area contributed by atoms with Crippen molar-refractivity contribution >= 4 is 35.5 Å². The Morgan fingerprint density at radius 2 is 1.73 bits per heavy atom. The Morgan fingerprint density at radius 1 is 1.12 bits per heavy atom. The number of rotatable bonds is 9. The molecule has 0 aliphatic rings. The number of ether oxygens (including phenoxy) is 3. The molecule has 7 nitrogen and oxygen atoms in total. The second-order valence-corrected chi connectivity index (χ2v) is 5.25. The molecule has 0 saturated carbocycles. The molecule has 1 rings (SSSR count). The molecule has 8 heteroatoms. The van der Waals surface area contributed by atoms with Gasteiger partial charge in [-0.25, -0.2) is 9.59 Å². The Labute approximate surface area is 157 Å². The van der Waals surface area contributed by atoms with Gasteiger partial charge in [-0.05, 0) is 37.6 Å². The van der Waals surface area contributed by atoms with E-state index < -0.39 is 23.9 Å². The van der Waals surface area contributed by atoms with Gasteiger partial charge in [-0.15, -0.1) is 11.6 Å². The highest BCUT2D eigenvalue weighted by molar-refractivity contribution is 6.27. The fourth-order valence-corrected chi connectivity index (χ4v) is 2.12. The lowest BCUT2D eigenvalue weighted by atomic mass is 10.0. The minimum Gasteiger partial charge on any atom is -0.497 e. The number of amides is 1. The number of benzene rings is 1. The first-order valence-electron chi connectivity index (χ1n) is 8.01. The van der Waals surface area contributed by atoms with Gasteiger partial charge in [-0.3, -0.25) is 4.79 Å². The van der Waals surface area contributed by atoms with Gasteiger partial charge in [0, 0.05) is 0 Å². The van der Waals surface area contributed by atoms with Crippen LogP contribution in [-0.4, -0.2) is 50.1 Å². The van der Waals surface area contributed by atoms with Gasteiger partial charge in [-0.1, -0.05) is 12.1 Å². The molecule has 0 aromatic heterocycles. The van der Waals surface area contributed by atoms with Crippen molar-refractivity contribution in [1.82, 2.24) is 5.32 Å². The quantitative estimate of drug-likeness (QED) is 0.398. The van der Waals surface area contributed by atoms with Crippen molar-refractivity contribution in [1.29, 1.82) is 0 Å². The SMILES string of the molecule is CCOC(=O)/C(=C/c1ccc(OC)cc1)C(NC(=O)CCl)C(=O)OCC. The molecule has 0 fully saturated rings. The summed E-state index contributed by atoms with van der Waals surface area (Å²) in [5.41, 5.74) is 0.553. The summed E-state index contributed by atoms with van der Waals surface area (Å²) in [6, 6.07) is 5.46. The number of hydrogen-bond donors (Lipinski definition) is 1. The molecule has 0 heterocycles. The molecule has 1 aromatic rings. The molecule has 0 spiro atoms. The molecular formula is C18H22ClNO6. The molecule has 1 aromatic carbocycles. The van der Waals surface area contributed by atoms with E-state index in [2.05, 4.69) is 5.32 Å². The fourth-order valence-electron chi connectivity index (χ4n) is 2.04. The van der Waals surface area contributed by atoms with Crippen LogP contribution in [0.3, 0.4) is 0 Å². The molecule has 1 atom stereocenters. The van der Waals surface area contributed by atoms with E-state index in [1.807, 2.05) is 0 Å². The van der Waals surface area contributed by atoms with Gasteiger partial charge in [0.2, 0.25) is 5.91 Å². The molecule has 1 N–H and O–H groups in total. The summed E-state index contributed by atoms with van der Waals surface area (Å²) in [6.07, 6.45) is 1.45. The Hall–Kier alpha value is -2.54.